The number of carboxylic acid groups (broad SMARTS) is 1. The van der Waals surface area contributed by atoms with Gasteiger partial charge in [0.25, 0.3) is 0 Å². The van der Waals surface area contributed by atoms with Crippen LogP contribution in [0.25, 0.3) is 0 Å². The topological polar surface area (TPSA) is 57.5 Å². The van der Waals surface area contributed by atoms with Crippen molar-refractivity contribution in [3.63, 3.8) is 0 Å². The van der Waals surface area contributed by atoms with Gasteiger partial charge < -0.3 is 10.2 Å². The number of aliphatic hydroxyl groups excluding tert-OH is 1. The number of aliphatic hydroxyl groups is 1. The summed E-state index contributed by atoms with van der Waals surface area (Å²) in [4.78, 5) is 10.4. The van der Waals surface area contributed by atoms with Crippen molar-refractivity contribution < 1.29 is 15.0 Å². The largest absolute Gasteiger partial charge is 0.481 e. The molecule has 0 aromatic rings. The molecule has 0 aliphatic carbocycles. The molecule has 0 aromatic carbocycles. The van der Waals surface area contributed by atoms with Gasteiger partial charge in [-0.1, -0.05) is 76.9 Å². The van der Waals surface area contributed by atoms with Crippen LogP contribution in [0.3, 0.4) is 0 Å². The average Bonchev–Trinajstić information content (AvgIpc) is 2.52. The van der Waals surface area contributed by atoms with E-state index in [2.05, 4.69) is 19.1 Å². The zero-order chi connectivity index (χ0) is 17.2. The van der Waals surface area contributed by atoms with Gasteiger partial charge in [0.05, 0.1) is 6.10 Å². The normalized spacial score (nSPS) is 12.8. The highest BCUT2D eigenvalue weighted by Gasteiger charge is 2.02. The van der Waals surface area contributed by atoms with E-state index in [4.69, 9.17) is 5.11 Å². The van der Waals surface area contributed by atoms with E-state index in [-0.39, 0.29) is 6.10 Å². The summed E-state index contributed by atoms with van der Waals surface area (Å²) in [5, 5.41) is 18.4. The van der Waals surface area contributed by atoms with Gasteiger partial charge in [0.2, 0.25) is 0 Å². The highest BCUT2D eigenvalue weighted by Crippen LogP contribution is 2.13. The minimum absolute atomic E-state index is 0.123. The fraction of sp³-hybridized carbons (Fsp3) is 0.850. The Kier molecular flexibility index (Phi) is 16.9. The van der Waals surface area contributed by atoms with Crippen LogP contribution in [0.5, 0.6) is 0 Å². The van der Waals surface area contributed by atoms with E-state index in [0.29, 0.717) is 6.42 Å². The Morgan fingerprint density at radius 1 is 0.826 bits per heavy atom. The van der Waals surface area contributed by atoms with E-state index in [0.717, 1.165) is 44.9 Å². The van der Waals surface area contributed by atoms with Gasteiger partial charge in [0, 0.05) is 6.42 Å². The first kappa shape index (κ1) is 22.2. The molecule has 0 bridgehead atoms. The number of hydrogen-bond acceptors (Lipinski definition) is 2. The number of hydrogen-bond donors (Lipinski definition) is 2. The third-order valence-electron chi connectivity index (χ3n) is 4.25. The standard InChI is InChI=1S/C20H38O3/c1-2-3-4-13-16-19(21)17-14-11-9-7-5-6-8-10-12-15-18-20(22)23/h3-4,19,21H,2,5-18H2,1H3,(H,22,23)/b4-3-. The maximum atomic E-state index is 10.4. The Morgan fingerprint density at radius 3 is 1.87 bits per heavy atom. The lowest BCUT2D eigenvalue weighted by molar-refractivity contribution is -0.137. The summed E-state index contributed by atoms with van der Waals surface area (Å²) >= 11 is 0. The maximum absolute atomic E-state index is 10.4. The number of unbranched alkanes of at least 4 members (excludes halogenated alkanes) is 9. The average molecular weight is 327 g/mol. The molecule has 3 heteroatoms. The fourth-order valence-electron chi connectivity index (χ4n) is 2.79. The van der Waals surface area contributed by atoms with Crippen LogP contribution in [0.1, 0.15) is 103 Å². The van der Waals surface area contributed by atoms with Crippen LogP contribution >= 0.6 is 0 Å². The monoisotopic (exact) mass is 326 g/mol. The third-order valence-corrected chi connectivity index (χ3v) is 4.25. The van der Waals surface area contributed by atoms with Crippen LogP contribution in [0, 0.1) is 0 Å². The van der Waals surface area contributed by atoms with Gasteiger partial charge in [-0.05, 0) is 32.1 Å². The minimum atomic E-state index is -0.674. The van der Waals surface area contributed by atoms with E-state index in [9.17, 15) is 9.90 Å². The van der Waals surface area contributed by atoms with Gasteiger partial charge in [-0.3, -0.25) is 4.79 Å². The van der Waals surface area contributed by atoms with Crippen molar-refractivity contribution in [1.29, 1.82) is 0 Å². The molecule has 1 atom stereocenters. The second kappa shape index (κ2) is 17.5. The molecular weight excluding hydrogens is 288 g/mol. The third kappa shape index (κ3) is 19.1. The first-order chi connectivity index (χ1) is 11.2. The van der Waals surface area contributed by atoms with Crippen LogP contribution in [0.15, 0.2) is 12.2 Å². The van der Waals surface area contributed by atoms with Crippen molar-refractivity contribution in [2.45, 2.75) is 109 Å². The molecule has 1 unspecified atom stereocenters. The Hall–Kier alpha value is -0.830. The summed E-state index contributed by atoms with van der Waals surface area (Å²) in [7, 11) is 0. The van der Waals surface area contributed by atoms with Gasteiger partial charge >= 0.3 is 5.97 Å². The predicted octanol–water partition coefficient (Wildman–Crippen LogP) is 5.86. The summed E-state index contributed by atoms with van der Waals surface area (Å²) in [6, 6.07) is 0. The predicted molar refractivity (Wildman–Crippen MR) is 97.7 cm³/mol. The van der Waals surface area contributed by atoms with Crippen LogP contribution in [-0.4, -0.2) is 22.3 Å². The number of carboxylic acids is 1. The van der Waals surface area contributed by atoms with E-state index >= 15 is 0 Å². The molecule has 0 saturated heterocycles. The van der Waals surface area contributed by atoms with E-state index in [1.807, 2.05) is 0 Å². The van der Waals surface area contributed by atoms with Crippen LogP contribution < -0.4 is 0 Å². The number of carbonyl (C=O) groups is 1. The van der Waals surface area contributed by atoms with Gasteiger partial charge in [-0.15, -0.1) is 0 Å². The second-order valence-corrected chi connectivity index (χ2v) is 6.58. The summed E-state index contributed by atoms with van der Waals surface area (Å²) in [6.07, 6.45) is 20.3. The fourth-order valence-corrected chi connectivity index (χ4v) is 2.79. The van der Waals surface area contributed by atoms with Gasteiger partial charge in [-0.25, -0.2) is 0 Å². The quantitative estimate of drug-likeness (QED) is 0.260. The molecule has 0 aromatic heterocycles. The number of rotatable bonds is 17. The van der Waals surface area contributed by atoms with Gasteiger partial charge in [-0.2, -0.15) is 0 Å². The summed E-state index contributed by atoms with van der Waals surface area (Å²) in [5.41, 5.74) is 0. The Labute approximate surface area is 143 Å². The lowest BCUT2D eigenvalue weighted by Gasteiger charge is -2.08. The second-order valence-electron chi connectivity index (χ2n) is 6.58. The molecule has 0 saturated carbocycles. The Morgan fingerprint density at radius 2 is 1.35 bits per heavy atom. The molecule has 0 aliphatic heterocycles. The molecule has 0 rings (SSSR count). The first-order valence-electron chi connectivity index (χ1n) is 9.71. The molecule has 0 radical (unpaired) electrons. The molecule has 0 spiro atoms. The smallest absolute Gasteiger partial charge is 0.303 e. The lowest BCUT2D eigenvalue weighted by Crippen LogP contribution is -2.05. The summed E-state index contributed by atoms with van der Waals surface area (Å²) in [5.74, 6) is -0.674. The molecule has 23 heavy (non-hydrogen) atoms. The van der Waals surface area contributed by atoms with Crippen molar-refractivity contribution in [2.24, 2.45) is 0 Å². The zero-order valence-corrected chi connectivity index (χ0v) is 15.1. The highest BCUT2D eigenvalue weighted by atomic mass is 16.4. The van der Waals surface area contributed by atoms with Gasteiger partial charge in [0.1, 0.15) is 0 Å². The van der Waals surface area contributed by atoms with Crippen molar-refractivity contribution in [3.8, 4) is 0 Å². The molecule has 0 amide bonds. The highest BCUT2D eigenvalue weighted by molar-refractivity contribution is 5.66. The van der Waals surface area contributed by atoms with Crippen LogP contribution in [-0.2, 0) is 4.79 Å². The van der Waals surface area contributed by atoms with Crippen molar-refractivity contribution in [1.82, 2.24) is 0 Å². The first-order valence-corrected chi connectivity index (χ1v) is 9.71. The molecule has 3 nitrogen and oxygen atoms in total. The minimum Gasteiger partial charge on any atom is -0.481 e. The Balaban J connectivity index is 3.15. The molecule has 2 N–H and O–H groups in total. The van der Waals surface area contributed by atoms with Crippen molar-refractivity contribution >= 4 is 5.97 Å². The SMILES string of the molecule is CC/C=C\CCC(O)CCCCCCCCCCCCC(=O)O. The Bertz CT molecular complexity index is 287. The zero-order valence-electron chi connectivity index (χ0n) is 15.1. The molecule has 136 valence electrons. The van der Waals surface area contributed by atoms with Gasteiger partial charge in [0.15, 0.2) is 0 Å². The van der Waals surface area contributed by atoms with Crippen LogP contribution in [0.2, 0.25) is 0 Å². The van der Waals surface area contributed by atoms with Crippen molar-refractivity contribution in [3.05, 3.63) is 12.2 Å². The van der Waals surface area contributed by atoms with E-state index in [1.54, 1.807) is 0 Å². The number of aliphatic carboxylic acids is 1. The molecular formula is C20H38O3. The lowest BCUT2D eigenvalue weighted by atomic mass is 10.0. The van der Waals surface area contributed by atoms with E-state index in [1.165, 1.54) is 44.9 Å². The number of allylic oxidation sites excluding steroid dienone is 2. The van der Waals surface area contributed by atoms with Crippen LogP contribution in [0.4, 0.5) is 0 Å². The summed E-state index contributed by atoms with van der Waals surface area (Å²) < 4.78 is 0. The molecule has 0 aliphatic rings. The maximum Gasteiger partial charge on any atom is 0.303 e. The van der Waals surface area contributed by atoms with E-state index < -0.39 is 5.97 Å². The molecule has 0 fully saturated rings. The summed E-state index contributed by atoms with van der Waals surface area (Å²) in [6.45, 7) is 2.13. The van der Waals surface area contributed by atoms with Crippen molar-refractivity contribution in [2.75, 3.05) is 0 Å². The molecule has 0 heterocycles.